The molecule has 1 aromatic rings. The number of ether oxygens (including phenoxy) is 1. The maximum Gasteiger partial charge on any atom is 0.211 e. The Morgan fingerprint density at radius 1 is 1.57 bits per heavy atom. The lowest BCUT2D eigenvalue weighted by Crippen LogP contribution is -2.11. The number of hydrogen-bond acceptors (Lipinski definition) is 3. The highest BCUT2D eigenvalue weighted by atomic mass is 16.5. The summed E-state index contributed by atoms with van der Waals surface area (Å²) in [6.07, 6.45) is 2.65. The molecule has 0 fully saturated rings. The molecule has 0 aliphatic heterocycles. The third-order valence-corrected chi connectivity index (χ3v) is 1.81. The Kier molecular flexibility index (Phi) is 4.46. The molecule has 0 aromatic carbocycles. The summed E-state index contributed by atoms with van der Waals surface area (Å²) in [6.45, 7) is 6.54. The molecule has 1 rings (SSSR count). The molecule has 1 aromatic heterocycles. The summed E-state index contributed by atoms with van der Waals surface area (Å²) in [4.78, 5) is 0. The van der Waals surface area contributed by atoms with Crippen molar-refractivity contribution >= 4 is 0 Å². The number of aromatic nitrogens is 2. The lowest BCUT2D eigenvalue weighted by Gasteiger charge is -2.10. The van der Waals surface area contributed by atoms with Crippen LogP contribution in [-0.4, -0.2) is 22.9 Å². The molecule has 1 heterocycles. The molecule has 0 amide bonds. The normalized spacial score (nSPS) is 10.9. The quantitative estimate of drug-likeness (QED) is 0.699. The molecule has 14 heavy (non-hydrogen) atoms. The second kappa shape index (κ2) is 5.65. The minimum absolute atomic E-state index is 0.576. The first-order valence-corrected chi connectivity index (χ1v) is 5.08. The summed E-state index contributed by atoms with van der Waals surface area (Å²) >= 11 is 0. The van der Waals surface area contributed by atoms with Crippen molar-refractivity contribution in [3.05, 3.63) is 12.3 Å². The summed E-state index contributed by atoms with van der Waals surface area (Å²) in [5.74, 6) is 1.42. The van der Waals surface area contributed by atoms with E-state index in [2.05, 4.69) is 18.9 Å². The van der Waals surface area contributed by atoms with Crippen LogP contribution in [0.25, 0.3) is 0 Å². The van der Waals surface area contributed by atoms with Gasteiger partial charge >= 0.3 is 0 Å². The van der Waals surface area contributed by atoms with Gasteiger partial charge in [0.1, 0.15) is 0 Å². The van der Waals surface area contributed by atoms with Crippen molar-refractivity contribution < 1.29 is 4.74 Å². The molecule has 0 bridgehead atoms. The summed E-state index contributed by atoms with van der Waals surface area (Å²) in [6, 6.07) is 1.89. The Hall–Kier alpha value is -1.03. The van der Waals surface area contributed by atoms with Gasteiger partial charge in [-0.15, -0.1) is 0 Å². The van der Waals surface area contributed by atoms with Gasteiger partial charge in [0.15, 0.2) is 0 Å². The standard InChI is InChI=1S/C10H19N3O/c1-9(2)8-13-10(4-6-12-13)14-7-3-5-11/h4,6,9H,3,5,7-8,11H2,1-2H3. The first kappa shape index (κ1) is 11.0. The van der Waals surface area contributed by atoms with Gasteiger partial charge in [0, 0.05) is 12.6 Å². The Morgan fingerprint density at radius 2 is 2.36 bits per heavy atom. The van der Waals surface area contributed by atoms with Gasteiger partial charge in [-0.3, -0.25) is 0 Å². The molecule has 0 spiro atoms. The SMILES string of the molecule is CC(C)Cn1nccc1OCCCN. The van der Waals surface area contributed by atoms with Crippen LogP contribution in [0.2, 0.25) is 0 Å². The second-order valence-corrected chi connectivity index (χ2v) is 3.74. The molecule has 80 valence electrons. The van der Waals surface area contributed by atoms with E-state index in [1.807, 2.05) is 10.7 Å². The third-order valence-electron chi connectivity index (χ3n) is 1.81. The van der Waals surface area contributed by atoms with E-state index in [1.54, 1.807) is 6.20 Å². The van der Waals surface area contributed by atoms with Crippen molar-refractivity contribution in [3.8, 4) is 5.88 Å². The molecule has 0 saturated heterocycles. The predicted molar refractivity (Wildman–Crippen MR) is 56.2 cm³/mol. The van der Waals surface area contributed by atoms with E-state index in [-0.39, 0.29) is 0 Å². The van der Waals surface area contributed by atoms with Gasteiger partial charge in [-0.2, -0.15) is 5.10 Å². The highest BCUT2D eigenvalue weighted by molar-refractivity contribution is 5.07. The van der Waals surface area contributed by atoms with Gasteiger partial charge in [-0.05, 0) is 18.9 Å². The number of nitrogens with zero attached hydrogens (tertiary/aromatic N) is 2. The number of nitrogens with two attached hydrogens (primary N) is 1. The van der Waals surface area contributed by atoms with Gasteiger partial charge in [0.25, 0.3) is 0 Å². The lowest BCUT2D eigenvalue weighted by molar-refractivity contribution is 0.273. The molecule has 0 saturated carbocycles. The number of rotatable bonds is 6. The van der Waals surface area contributed by atoms with Crippen LogP contribution >= 0.6 is 0 Å². The van der Waals surface area contributed by atoms with Crippen LogP contribution in [0, 0.1) is 5.92 Å². The van der Waals surface area contributed by atoms with Gasteiger partial charge in [-0.25, -0.2) is 4.68 Å². The van der Waals surface area contributed by atoms with E-state index in [4.69, 9.17) is 10.5 Å². The molecule has 0 unspecified atom stereocenters. The molecule has 2 N–H and O–H groups in total. The Labute approximate surface area is 85.0 Å². The fraction of sp³-hybridized carbons (Fsp3) is 0.700. The zero-order chi connectivity index (χ0) is 10.4. The minimum atomic E-state index is 0.576. The maximum atomic E-state index is 5.54. The van der Waals surface area contributed by atoms with Crippen LogP contribution in [-0.2, 0) is 6.54 Å². The first-order valence-electron chi connectivity index (χ1n) is 5.08. The molecule has 0 radical (unpaired) electrons. The van der Waals surface area contributed by atoms with E-state index in [9.17, 15) is 0 Å². The minimum Gasteiger partial charge on any atom is -0.478 e. The summed E-state index contributed by atoms with van der Waals surface area (Å²) in [5.41, 5.74) is 5.38. The van der Waals surface area contributed by atoms with Crippen LogP contribution in [0.15, 0.2) is 12.3 Å². The Morgan fingerprint density at radius 3 is 3.00 bits per heavy atom. The van der Waals surface area contributed by atoms with E-state index in [0.717, 1.165) is 18.8 Å². The summed E-state index contributed by atoms with van der Waals surface area (Å²) < 4.78 is 7.43. The van der Waals surface area contributed by atoms with Crippen molar-refractivity contribution in [2.75, 3.05) is 13.2 Å². The maximum absolute atomic E-state index is 5.54. The van der Waals surface area contributed by atoms with Crippen molar-refractivity contribution in [3.63, 3.8) is 0 Å². The van der Waals surface area contributed by atoms with Crippen LogP contribution in [0.4, 0.5) is 0 Å². The fourth-order valence-corrected chi connectivity index (χ4v) is 1.19. The fourth-order valence-electron chi connectivity index (χ4n) is 1.19. The van der Waals surface area contributed by atoms with Crippen molar-refractivity contribution in [2.45, 2.75) is 26.8 Å². The average Bonchev–Trinajstić information content (AvgIpc) is 2.52. The lowest BCUT2D eigenvalue weighted by atomic mass is 10.2. The van der Waals surface area contributed by atoms with E-state index < -0.39 is 0 Å². The zero-order valence-corrected chi connectivity index (χ0v) is 8.94. The zero-order valence-electron chi connectivity index (χ0n) is 8.94. The monoisotopic (exact) mass is 197 g/mol. The average molecular weight is 197 g/mol. The predicted octanol–water partition coefficient (Wildman–Crippen LogP) is 1.27. The third kappa shape index (κ3) is 3.38. The smallest absolute Gasteiger partial charge is 0.211 e. The second-order valence-electron chi connectivity index (χ2n) is 3.74. The van der Waals surface area contributed by atoms with Crippen LogP contribution < -0.4 is 10.5 Å². The molecular formula is C10H19N3O. The molecule has 4 nitrogen and oxygen atoms in total. The first-order chi connectivity index (χ1) is 6.74. The molecule has 4 heteroatoms. The Bertz CT molecular complexity index is 258. The molecule has 0 aliphatic rings. The number of hydrogen-bond donors (Lipinski definition) is 1. The van der Waals surface area contributed by atoms with Crippen LogP contribution in [0.1, 0.15) is 20.3 Å². The van der Waals surface area contributed by atoms with Crippen molar-refractivity contribution in [1.82, 2.24) is 9.78 Å². The highest BCUT2D eigenvalue weighted by Crippen LogP contribution is 2.11. The van der Waals surface area contributed by atoms with E-state index >= 15 is 0 Å². The van der Waals surface area contributed by atoms with Gasteiger partial charge in [0.05, 0.1) is 12.8 Å². The van der Waals surface area contributed by atoms with E-state index in [1.165, 1.54) is 0 Å². The van der Waals surface area contributed by atoms with Crippen LogP contribution in [0.5, 0.6) is 5.88 Å². The van der Waals surface area contributed by atoms with Gasteiger partial charge in [0.2, 0.25) is 5.88 Å². The largest absolute Gasteiger partial charge is 0.478 e. The molecule has 0 atom stereocenters. The molecular weight excluding hydrogens is 178 g/mol. The van der Waals surface area contributed by atoms with Crippen LogP contribution in [0.3, 0.4) is 0 Å². The molecule has 0 aliphatic carbocycles. The van der Waals surface area contributed by atoms with Gasteiger partial charge < -0.3 is 10.5 Å². The summed E-state index contributed by atoms with van der Waals surface area (Å²) in [7, 11) is 0. The van der Waals surface area contributed by atoms with Crippen molar-refractivity contribution in [1.29, 1.82) is 0 Å². The van der Waals surface area contributed by atoms with Gasteiger partial charge in [-0.1, -0.05) is 13.8 Å². The topological polar surface area (TPSA) is 53.1 Å². The van der Waals surface area contributed by atoms with Crippen molar-refractivity contribution in [2.24, 2.45) is 11.7 Å². The van der Waals surface area contributed by atoms with E-state index in [0.29, 0.717) is 19.1 Å². The summed E-state index contributed by atoms with van der Waals surface area (Å²) in [5, 5.41) is 4.20. The highest BCUT2D eigenvalue weighted by Gasteiger charge is 2.04. The Balaban J connectivity index is 2.45.